The number of carbonyl (C=O) groups is 1. The van der Waals surface area contributed by atoms with Crippen molar-refractivity contribution in [3.8, 4) is 0 Å². The molecule has 1 fully saturated rings. The zero-order valence-corrected chi connectivity index (χ0v) is 11.3. The summed E-state index contributed by atoms with van der Waals surface area (Å²) in [4.78, 5) is 18.1. The van der Waals surface area contributed by atoms with Gasteiger partial charge in [-0.1, -0.05) is 0 Å². The quantitative estimate of drug-likeness (QED) is 0.262. The lowest BCUT2D eigenvalue weighted by Gasteiger charge is -2.28. The van der Waals surface area contributed by atoms with Gasteiger partial charge >= 0.3 is 0 Å². The minimum atomic E-state index is -0.458. The number of nitrogens with zero attached hydrogens (tertiary/aromatic N) is 2. The molecule has 0 aromatic heterocycles. The van der Waals surface area contributed by atoms with E-state index >= 15 is 0 Å². The molecule has 1 amide bonds. The number of guanidine groups is 1. The van der Waals surface area contributed by atoms with Crippen LogP contribution in [-0.4, -0.2) is 55.2 Å². The Morgan fingerprint density at radius 1 is 1.33 bits per heavy atom. The number of rotatable bonds is 3. The van der Waals surface area contributed by atoms with Gasteiger partial charge in [-0.2, -0.15) is 0 Å². The van der Waals surface area contributed by atoms with Crippen molar-refractivity contribution in [2.45, 2.75) is 32.9 Å². The summed E-state index contributed by atoms with van der Waals surface area (Å²) in [6.07, 6.45) is 0. The highest BCUT2D eigenvalue weighted by molar-refractivity contribution is 5.87. The van der Waals surface area contributed by atoms with E-state index in [2.05, 4.69) is 15.7 Å². The lowest BCUT2D eigenvalue weighted by molar-refractivity contribution is -0.136. The van der Waals surface area contributed by atoms with Gasteiger partial charge in [-0.3, -0.25) is 10.2 Å². The number of ether oxygens (including phenoxy) is 1. The molecular formula is C11H23N5O2. The standard InChI is InChI=1S/C11H23N5O2/c1-8(2)13-11(15-12)14-9(3)10(17)16-4-6-18-7-5-16/h8-9H,4-7,12H2,1-3H3,(H2,13,14,15). The van der Waals surface area contributed by atoms with E-state index in [1.54, 1.807) is 11.8 Å². The van der Waals surface area contributed by atoms with Crippen LogP contribution in [0.3, 0.4) is 0 Å². The molecule has 1 aliphatic rings. The first kappa shape index (κ1) is 14.7. The molecule has 0 spiro atoms. The van der Waals surface area contributed by atoms with E-state index in [1.165, 1.54) is 0 Å². The van der Waals surface area contributed by atoms with Crippen molar-refractivity contribution in [1.82, 2.24) is 15.6 Å². The predicted octanol–water partition coefficient (Wildman–Crippen LogP) is -0.949. The second kappa shape index (κ2) is 7.17. The molecule has 0 aromatic carbocycles. The van der Waals surface area contributed by atoms with Gasteiger partial charge in [-0.15, -0.1) is 0 Å². The van der Waals surface area contributed by atoms with Gasteiger partial charge in [0, 0.05) is 19.1 Å². The molecule has 1 aliphatic heterocycles. The highest BCUT2D eigenvalue weighted by Gasteiger charge is 2.22. The molecule has 4 N–H and O–H groups in total. The summed E-state index contributed by atoms with van der Waals surface area (Å²) >= 11 is 0. The van der Waals surface area contributed by atoms with Crippen LogP contribution >= 0.6 is 0 Å². The Morgan fingerprint density at radius 2 is 1.94 bits per heavy atom. The van der Waals surface area contributed by atoms with Crippen molar-refractivity contribution in [1.29, 1.82) is 0 Å². The lowest BCUT2D eigenvalue weighted by atomic mass is 10.3. The van der Waals surface area contributed by atoms with Gasteiger partial charge < -0.3 is 15.0 Å². The van der Waals surface area contributed by atoms with Gasteiger partial charge in [0.05, 0.1) is 13.2 Å². The zero-order valence-electron chi connectivity index (χ0n) is 11.3. The summed E-state index contributed by atoms with van der Waals surface area (Å²) in [7, 11) is 0. The van der Waals surface area contributed by atoms with Gasteiger partial charge in [0.1, 0.15) is 6.04 Å². The largest absolute Gasteiger partial charge is 0.378 e. The van der Waals surface area contributed by atoms with Gasteiger partial charge in [0.25, 0.3) is 0 Å². The van der Waals surface area contributed by atoms with E-state index in [0.717, 1.165) is 0 Å². The summed E-state index contributed by atoms with van der Waals surface area (Å²) < 4.78 is 5.21. The Labute approximate surface area is 108 Å². The van der Waals surface area contributed by atoms with Crippen LogP contribution in [0.15, 0.2) is 4.99 Å². The molecule has 104 valence electrons. The minimum absolute atomic E-state index is 0.00314. The molecule has 7 heteroatoms. The Bertz CT molecular complexity index is 300. The molecule has 7 nitrogen and oxygen atoms in total. The van der Waals surface area contributed by atoms with Crippen molar-refractivity contribution in [2.24, 2.45) is 10.8 Å². The number of amides is 1. The van der Waals surface area contributed by atoms with Crippen molar-refractivity contribution < 1.29 is 9.53 Å². The number of aliphatic imine (C=N–C) groups is 1. The van der Waals surface area contributed by atoms with Crippen LogP contribution in [0.1, 0.15) is 20.8 Å². The average Bonchev–Trinajstić information content (AvgIpc) is 2.37. The molecule has 0 aromatic rings. The Hall–Kier alpha value is -1.34. The Balaban J connectivity index is 2.58. The topological polar surface area (TPSA) is 92.0 Å². The highest BCUT2D eigenvalue weighted by atomic mass is 16.5. The first-order valence-electron chi connectivity index (χ1n) is 6.22. The third-order valence-electron chi connectivity index (χ3n) is 2.57. The number of hydrazine groups is 1. The summed E-state index contributed by atoms with van der Waals surface area (Å²) in [6.45, 7) is 8.14. The van der Waals surface area contributed by atoms with E-state index in [-0.39, 0.29) is 11.9 Å². The predicted molar refractivity (Wildman–Crippen MR) is 69.9 cm³/mol. The first-order valence-corrected chi connectivity index (χ1v) is 6.22. The Morgan fingerprint density at radius 3 is 2.44 bits per heavy atom. The maximum atomic E-state index is 12.1. The van der Waals surface area contributed by atoms with Crippen LogP contribution in [0.5, 0.6) is 0 Å². The third kappa shape index (κ3) is 4.50. The third-order valence-corrected chi connectivity index (χ3v) is 2.57. The van der Waals surface area contributed by atoms with Gasteiger partial charge in [-0.25, -0.2) is 10.8 Å². The number of hydrogen-bond donors (Lipinski definition) is 3. The fourth-order valence-electron chi connectivity index (χ4n) is 1.69. The molecular weight excluding hydrogens is 234 g/mol. The van der Waals surface area contributed by atoms with Crippen molar-refractivity contribution in [2.75, 3.05) is 26.3 Å². The second-order valence-corrected chi connectivity index (χ2v) is 4.53. The molecule has 1 unspecified atom stereocenters. The summed E-state index contributed by atoms with van der Waals surface area (Å²) in [6, 6.07) is -0.258. The summed E-state index contributed by atoms with van der Waals surface area (Å²) in [5.41, 5.74) is 2.47. The van der Waals surface area contributed by atoms with Crippen molar-refractivity contribution in [3.63, 3.8) is 0 Å². The monoisotopic (exact) mass is 257 g/mol. The van der Waals surface area contributed by atoms with Crippen molar-refractivity contribution in [3.05, 3.63) is 0 Å². The molecule has 0 radical (unpaired) electrons. The van der Waals surface area contributed by atoms with Crippen LogP contribution in [0.25, 0.3) is 0 Å². The van der Waals surface area contributed by atoms with Crippen LogP contribution in [-0.2, 0) is 9.53 Å². The van der Waals surface area contributed by atoms with Crippen LogP contribution in [0.2, 0.25) is 0 Å². The van der Waals surface area contributed by atoms with E-state index in [1.807, 2.05) is 13.8 Å². The normalized spacial score (nSPS) is 18.7. The van der Waals surface area contributed by atoms with Crippen molar-refractivity contribution >= 4 is 11.9 Å². The van der Waals surface area contributed by atoms with Crippen LogP contribution in [0, 0.1) is 0 Å². The smallest absolute Gasteiger partial charge is 0.247 e. The van der Waals surface area contributed by atoms with Crippen LogP contribution in [0.4, 0.5) is 0 Å². The SMILES string of the molecule is CC(C)NC(=NC(C)C(=O)N1CCOCC1)NN. The van der Waals surface area contributed by atoms with E-state index in [4.69, 9.17) is 10.6 Å². The maximum absolute atomic E-state index is 12.1. The summed E-state index contributed by atoms with van der Waals surface area (Å²) in [5, 5.41) is 3.04. The van der Waals surface area contributed by atoms with E-state index < -0.39 is 6.04 Å². The molecule has 1 saturated heterocycles. The number of nitrogens with two attached hydrogens (primary N) is 1. The Kier molecular flexibility index (Phi) is 5.87. The average molecular weight is 257 g/mol. The molecule has 1 atom stereocenters. The van der Waals surface area contributed by atoms with Gasteiger partial charge in [-0.05, 0) is 20.8 Å². The van der Waals surface area contributed by atoms with Crippen LogP contribution < -0.4 is 16.6 Å². The number of hydrogen-bond acceptors (Lipinski definition) is 4. The first-order chi connectivity index (χ1) is 8.54. The fraction of sp³-hybridized carbons (Fsp3) is 0.818. The van der Waals surface area contributed by atoms with Gasteiger partial charge in [0.15, 0.2) is 0 Å². The zero-order chi connectivity index (χ0) is 13.5. The van der Waals surface area contributed by atoms with Gasteiger partial charge in [0.2, 0.25) is 11.9 Å². The molecule has 18 heavy (non-hydrogen) atoms. The highest BCUT2D eigenvalue weighted by Crippen LogP contribution is 2.03. The van der Waals surface area contributed by atoms with E-state index in [0.29, 0.717) is 32.3 Å². The maximum Gasteiger partial charge on any atom is 0.247 e. The summed E-state index contributed by atoms with van der Waals surface area (Å²) in [5.74, 6) is 5.79. The molecule has 0 bridgehead atoms. The molecule has 1 rings (SSSR count). The second-order valence-electron chi connectivity index (χ2n) is 4.53. The fourth-order valence-corrected chi connectivity index (χ4v) is 1.69. The minimum Gasteiger partial charge on any atom is -0.378 e. The lowest BCUT2D eigenvalue weighted by Crippen LogP contribution is -2.48. The molecule has 0 aliphatic carbocycles. The number of morpholine rings is 1. The number of carbonyl (C=O) groups excluding carboxylic acids is 1. The number of nitrogens with one attached hydrogen (secondary N) is 2. The van der Waals surface area contributed by atoms with E-state index in [9.17, 15) is 4.79 Å². The molecule has 1 heterocycles. The molecule has 0 saturated carbocycles.